The number of carboxylic acid groups (broad SMARTS) is 1. The highest BCUT2D eigenvalue weighted by Crippen LogP contribution is 2.24. The first-order valence-electron chi connectivity index (χ1n) is 8.12. The van der Waals surface area contributed by atoms with E-state index in [4.69, 9.17) is 0 Å². The molecule has 0 saturated carbocycles. The third-order valence-corrected chi connectivity index (χ3v) is 4.78. The molecule has 1 aliphatic heterocycles. The Morgan fingerprint density at radius 1 is 1.14 bits per heavy atom. The number of aliphatic carboxylic acids is 1. The van der Waals surface area contributed by atoms with E-state index in [1.165, 1.54) is 5.56 Å². The number of benzene rings is 1. The van der Waals surface area contributed by atoms with Crippen molar-refractivity contribution in [2.75, 3.05) is 26.2 Å². The highest BCUT2D eigenvalue weighted by atomic mass is 16.4. The van der Waals surface area contributed by atoms with Crippen LogP contribution in [-0.2, 0) is 11.3 Å². The van der Waals surface area contributed by atoms with Crippen LogP contribution in [0.1, 0.15) is 18.4 Å². The maximum absolute atomic E-state index is 11.2. The summed E-state index contributed by atoms with van der Waals surface area (Å²) in [5.41, 5.74) is 1.36. The second kappa shape index (κ2) is 7.07. The Kier molecular flexibility index (Phi) is 4.90. The van der Waals surface area contributed by atoms with Crippen LogP contribution in [0.3, 0.4) is 0 Å². The quantitative estimate of drug-likeness (QED) is 0.866. The fraction of sp³-hybridized carbons (Fsp3) is 0.500. The molecular weight excluding hydrogens is 276 g/mol. The summed E-state index contributed by atoms with van der Waals surface area (Å²) in [5, 5.41) is 9.20. The van der Waals surface area contributed by atoms with Gasteiger partial charge in [0.25, 0.3) is 0 Å². The van der Waals surface area contributed by atoms with Gasteiger partial charge in [-0.1, -0.05) is 42.5 Å². The molecule has 1 heterocycles. The molecular formula is C18H24N2O2. The Balaban J connectivity index is 1.50. The number of hydrogen-bond donors (Lipinski definition) is 1. The molecule has 1 aliphatic carbocycles. The lowest BCUT2D eigenvalue weighted by molar-refractivity contribution is -0.142. The van der Waals surface area contributed by atoms with E-state index in [0.29, 0.717) is 12.5 Å². The molecule has 0 amide bonds. The van der Waals surface area contributed by atoms with Crippen LogP contribution in [-0.4, -0.2) is 53.1 Å². The highest BCUT2D eigenvalue weighted by molar-refractivity contribution is 5.70. The zero-order valence-electron chi connectivity index (χ0n) is 12.9. The van der Waals surface area contributed by atoms with E-state index < -0.39 is 5.97 Å². The fourth-order valence-corrected chi connectivity index (χ4v) is 3.43. The molecule has 0 spiro atoms. The predicted molar refractivity (Wildman–Crippen MR) is 86.6 cm³/mol. The molecule has 0 radical (unpaired) electrons. The van der Waals surface area contributed by atoms with Crippen LogP contribution in [0.25, 0.3) is 0 Å². The smallest absolute Gasteiger partial charge is 0.306 e. The van der Waals surface area contributed by atoms with Crippen LogP contribution in [0.4, 0.5) is 0 Å². The van der Waals surface area contributed by atoms with Gasteiger partial charge in [0.05, 0.1) is 5.92 Å². The molecule has 4 heteroatoms. The molecule has 0 aromatic heterocycles. The van der Waals surface area contributed by atoms with Gasteiger partial charge in [0.1, 0.15) is 0 Å². The molecule has 4 nitrogen and oxygen atoms in total. The first kappa shape index (κ1) is 15.3. The highest BCUT2D eigenvalue weighted by Gasteiger charge is 2.29. The number of carboxylic acids is 1. The van der Waals surface area contributed by atoms with Gasteiger partial charge < -0.3 is 5.11 Å². The molecule has 2 unspecified atom stereocenters. The van der Waals surface area contributed by atoms with Crippen LogP contribution in [0.2, 0.25) is 0 Å². The molecule has 3 rings (SSSR count). The second-order valence-electron chi connectivity index (χ2n) is 6.30. The van der Waals surface area contributed by atoms with Gasteiger partial charge in [0.2, 0.25) is 0 Å². The zero-order valence-corrected chi connectivity index (χ0v) is 12.9. The molecule has 2 aliphatic rings. The maximum atomic E-state index is 11.2. The van der Waals surface area contributed by atoms with Gasteiger partial charge in [0.15, 0.2) is 0 Å². The third kappa shape index (κ3) is 3.76. The molecule has 22 heavy (non-hydrogen) atoms. The summed E-state index contributed by atoms with van der Waals surface area (Å²) in [5.74, 6) is -0.866. The monoisotopic (exact) mass is 300 g/mol. The Morgan fingerprint density at radius 3 is 2.55 bits per heavy atom. The van der Waals surface area contributed by atoms with Crippen molar-refractivity contribution in [2.24, 2.45) is 5.92 Å². The van der Waals surface area contributed by atoms with E-state index in [1.807, 2.05) is 6.08 Å². The van der Waals surface area contributed by atoms with E-state index in [1.54, 1.807) is 0 Å². The number of allylic oxidation sites excluding steroid dienone is 1. The lowest BCUT2D eigenvalue weighted by atomic mass is 9.90. The van der Waals surface area contributed by atoms with Crippen molar-refractivity contribution in [3.63, 3.8) is 0 Å². The standard InChI is InChI=1S/C18H24N2O2/c21-18(22)16-7-4-8-17(13-16)20-11-9-19(10-12-20)14-15-5-2-1-3-6-15/h1-6,8,16-17H,7,9-14H2,(H,21,22). The average molecular weight is 300 g/mol. The molecule has 2 atom stereocenters. The molecule has 1 aromatic carbocycles. The van der Waals surface area contributed by atoms with Gasteiger partial charge in [0, 0.05) is 38.8 Å². The summed E-state index contributed by atoms with van der Waals surface area (Å²) in [6.07, 6.45) is 5.68. The van der Waals surface area contributed by atoms with Crippen molar-refractivity contribution in [3.8, 4) is 0 Å². The van der Waals surface area contributed by atoms with Gasteiger partial charge >= 0.3 is 5.97 Å². The average Bonchev–Trinajstić information content (AvgIpc) is 2.56. The van der Waals surface area contributed by atoms with Crippen LogP contribution in [0.15, 0.2) is 42.5 Å². The zero-order chi connectivity index (χ0) is 15.4. The van der Waals surface area contributed by atoms with E-state index in [0.717, 1.165) is 39.1 Å². The number of piperazine rings is 1. The SMILES string of the molecule is O=C(O)C1CC=CC(N2CCN(Cc3ccccc3)CC2)C1. The van der Waals surface area contributed by atoms with Gasteiger partial charge in [-0.05, 0) is 18.4 Å². The van der Waals surface area contributed by atoms with Crippen LogP contribution in [0.5, 0.6) is 0 Å². The molecule has 1 aromatic rings. The summed E-state index contributed by atoms with van der Waals surface area (Å²) in [6.45, 7) is 5.16. The number of nitrogens with zero attached hydrogens (tertiary/aromatic N) is 2. The summed E-state index contributed by atoms with van der Waals surface area (Å²) in [7, 11) is 0. The van der Waals surface area contributed by atoms with E-state index in [9.17, 15) is 9.90 Å². The second-order valence-corrected chi connectivity index (χ2v) is 6.30. The van der Waals surface area contributed by atoms with Crippen molar-refractivity contribution in [1.29, 1.82) is 0 Å². The van der Waals surface area contributed by atoms with Crippen molar-refractivity contribution in [1.82, 2.24) is 9.80 Å². The first-order valence-corrected chi connectivity index (χ1v) is 8.12. The van der Waals surface area contributed by atoms with E-state index >= 15 is 0 Å². The van der Waals surface area contributed by atoms with Gasteiger partial charge in [-0.3, -0.25) is 14.6 Å². The minimum atomic E-state index is -0.655. The van der Waals surface area contributed by atoms with Crippen LogP contribution < -0.4 is 0 Å². The Hall–Kier alpha value is -1.65. The van der Waals surface area contributed by atoms with Crippen molar-refractivity contribution in [2.45, 2.75) is 25.4 Å². The minimum absolute atomic E-state index is 0.211. The Labute approximate surface area is 132 Å². The van der Waals surface area contributed by atoms with Gasteiger partial charge in [-0.25, -0.2) is 0 Å². The van der Waals surface area contributed by atoms with Gasteiger partial charge in [-0.15, -0.1) is 0 Å². The molecule has 1 N–H and O–H groups in total. The molecule has 1 saturated heterocycles. The Morgan fingerprint density at radius 2 is 1.86 bits per heavy atom. The van der Waals surface area contributed by atoms with E-state index in [-0.39, 0.29) is 5.92 Å². The maximum Gasteiger partial charge on any atom is 0.306 e. The van der Waals surface area contributed by atoms with Crippen molar-refractivity contribution < 1.29 is 9.90 Å². The summed E-state index contributed by atoms with van der Waals surface area (Å²) < 4.78 is 0. The van der Waals surface area contributed by atoms with E-state index in [2.05, 4.69) is 46.2 Å². The molecule has 1 fully saturated rings. The van der Waals surface area contributed by atoms with Crippen LogP contribution >= 0.6 is 0 Å². The molecule has 118 valence electrons. The largest absolute Gasteiger partial charge is 0.481 e. The number of carbonyl (C=O) groups is 1. The summed E-state index contributed by atoms with van der Waals surface area (Å²) >= 11 is 0. The normalized spacial score (nSPS) is 26.9. The topological polar surface area (TPSA) is 43.8 Å². The minimum Gasteiger partial charge on any atom is -0.481 e. The van der Waals surface area contributed by atoms with Gasteiger partial charge in [-0.2, -0.15) is 0 Å². The Bertz CT molecular complexity index is 521. The summed E-state index contributed by atoms with van der Waals surface area (Å²) in [6, 6.07) is 10.9. The number of hydrogen-bond acceptors (Lipinski definition) is 3. The predicted octanol–water partition coefficient (Wildman–Crippen LogP) is 2.22. The summed E-state index contributed by atoms with van der Waals surface area (Å²) in [4.78, 5) is 16.1. The third-order valence-electron chi connectivity index (χ3n) is 4.78. The lowest BCUT2D eigenvalue weighted by Gasteiger charge is -2.40. The van der Waals surface area contributed by atoms with Crippen LogP contribution in [0, 0.1) is 5.92 Å². The first-order chi connectivity index (χ1) is 10.7. The fourth-order valence-electron chi connectivity index (χ4n) is 3.43. The van der Waals surface area contributed by atoms with Crippen molar-refractivity contribution >= 4 is 5.97 Å². The number of rotatable bonds is 4. The lowest BCUT2D eigenvalue weighted by Crippen LogP contribution is -2.50. The molecule has 0 bridgehead atoms. The van der Waals surface area contributed by atoms with Crippen molar-refractivity contribution in [3.05, 3.63) is 48.0 Å².